The molecule has 1 heterocycles. The van der Waals surface area contributed by atoms with Crippen LogP contribution in [-0.4, -0.2) is 28.8 Å². The fourth-order valence-corrected chi connectivity index (χ4v) is 1.92. The lowest BCUT2D eigenvalue weighted by molar-refractivity contribution is -0.126. The van der Waals surface area contributed by atoms with Gasteiger partial charge in [-0.15, -0.1) is 0 Å². The van der Waals surface area contributed by atoms with Crippen LogP contribution in [0.1, 0.15) is 24.1 Å². The number of aryl methyl sites for hydroxylation is 1. The molecule has 0 aliphatic heterocycles. The minimum atomic E-state index is -0.110. The molecule has 1 amide bonds. The molecule has 1 aromatic carbocycles. The Morgan fingerprint density at radius 3 is 2.81 bits per heavy atom. The van der Waals surface area contributed by atoms with E-state index in [1.807, 2.05) is 55.1 Å². The van der Waals surface area contributed by atoms with Crippen molar-refractivity contribution in [1.29, 1.82) is 0 Å². The normalized spacial score (nSPS) is 12.1. The number of benzene rings is 1. The van der Waals surface area contributed by atoms with E-state index < -0.39 is 0 Å². The molecule has 2 aromatic rings. The van der Waals surface area contributed by atoms with E-state index >= 15 is 0 Å². The van der Waals surface area contributed by atoms with E-state index in [0.717, 1.165) is 11.1 Å². The fraction of sp³-hybridized carbons (Fsp3) is 0.375. The van der Waals surface area contributed by atoms with E-state index in [1.54, 1.807) is 6.20 Å². The van der Waals surface area contributed by atoms with Gasteiger partial charge in [-0.05, 0) is 25.0 Å². The molecular formula is C16H21N3O2. The van der Waals surface area contributed by atoms with Gasteiger partial charge in [0.05, 0.1) is 18.8 Å². The van der Waals surface area contributed by atoms with Gasteiger partial charge in [0.2, 0.25) is 5.91 Å². The Morgan fingerprint density at radius 2 is 2.14 bits per heavy atom. The minimum absolute atomic E-state index is 0.0692. The third-order valence-electron chi connectivity index (χ3n) is 3.12. The molecule has 0 saturated heterocycles. The van der Waals surface area contributed by atoms with Gasteiger partial charge in [0.15, 0.2) is 0 Å². The Morgan fingerprint density at radius 1 is 1.38 bits per heavy atom. The number of carbonyl (C=O) groups excluding carboxylic acids is 1. The summed E-state index contributed by atoms with van der Waals surface area (Å²) >= 11 is 0. The van der Waals surface area contributed by atoms with Crippen molar-refractivity contribution < 1.29 is 9.53 Å². The molecule has 0 saturated carbocycles. The largest absolute Gasteiger partial charge is 0.367 e. The highest BCUT2D eigenvalue weighted by atomic mass is 16.5. The zero-order valence-electron chi connectivity index (χ0n) is 12.5. The first-order valence-corrected chi connectivity index (χ1v) is 7.04. The molecule has 21 heavy (non-hydrogen) atoms. The predicted molar refractivity (Wildman–Crippen MR) is 80.8 cm³/mol. The Hall–Kier alpha value is -2.14. The SMILES string of the molecule is Cc1cnn(C(C)CNC(=O)COCc2ccccc2)c1. The quantitative estimate of drug-likeness (QED) is 0.848. The first kappa shape index (κ1) is 15.3. The van der Waals surface area contributed by atoms with Crippen molar-refractivity contribution in [3.63, 3.8) is 0 Å². The van der Waals surface area contributed by atoms with Crippen molar-refractivity contribution in [1.82, 2.24) is 15.1 Å². The summed E-state index contributed by atoms with van der Waals surface area (Å²) in [7, 11) is 0. The van der Waals surface area contributed by atoms with Crippen LogP contribution in [0, 0.1) is 6.92 Å². The van der Waals surface area contributed by atoms with E-state index in [0.29, 0.717) is 13.2 Å². The van der Waals surface area contributed by atoms with E-state index in [4.69, 9.17) is 4.74 Å². The van der Waals surface area contributed by atoms with Crippen LogP contribution >= 0.6 is 0 Å². The van der Waals surface area contributed by atoms with Crippen molar-refractivity contribution in [2.75, 3.05) is 13.2 Å². The van der Waals surface area contributed by atoms with Gasteiger partial charge in [0.1, 0.15) is 6.61 Å². The van der Waals surface area contributed by atoms with Crippen LogP contribution in [0.4, 0.5) is 0 Å². The topological polar surface area (TPSA) is 56.2 Å². The molecule has 5 heteroatoms. The van der Waals surface area contributed by atoms with Gasteiger partial charge in [-0.1, -0.05) is 30.3 Å². The van der Waals surface area contributed by atoms with Crippen LogP contribution in [0.25, 0.3) is 0 Å². The summed E-state index contributed by atoms with van der Waals surface area (Å²) in [4.78, 5) is 11.7. The van der Waals surface area contributed by atoms with E-state index in [-0.39, 0.29) is 18.6 Å². The molecule has 0 bridgehead atoms. The lowest BCUT2D eigenvalue weighted by Gasteiger charge is -2.13. The first-order valence-electron chi connectivity index (χ1n) is 7.04. The molecule has 2 rings (SSSR count). The van der Waals surface area contributed by atoms with Crippen LogP contribution in [0.15, 0.2) is 42.7 Å². The van der Waals surface area contributed by atoms with Crippen molar-refractivity contribution in [3.05, 3.63) is 53.9 Å². The zero-order chi connectivity index (χ0) is 15.1. The lowest BCUT2D eigenvalue weighted by Crippen LogP contribution is -2.32. The van der Waals surface area contributed by atoms with Crippen LogP contribution < -0.4 is 5.32 Å². The molecule has 112 valence electrons. The summed E-state index contributed by atoms with van der Waals surface area (Å²) in [5, 5.41) is 7.08. The standard InChI is InChI=1S/C16H21N3O2/c1-13-8-18-19(10-13)14(2)9-17-16(20)12-21-11-15-6-4-3-5-7-15/h3-8,10,14H,9,11-12H2,1-2H3,(H,17,20). The highest BCUT2D eigenvalue weighted by Crippen LogP contribution is 2.04. The van der Waals surface area contributed by atoms with E-state index in [2.05, 4.69) is 10.4 Å². The van der Waals surface area contributed by atoms with Gasteiger partial charge < -0.3 is 10.1 Å². The summed E-state index contributed by atoms with van der Waals surface area (Å²) in [6, 6.07) is 9.92. The second-order valence-corrected chi connectivity index (χ2v) is 5.13. The second-order valence-electron chi connectivity index (χ2n) is 5.13. The molecule has 1 unspecified atom stereocenters. The molecule has 0 aliphatic carbocycles. The van der Waals surface area contributed by atoms with Gasteiger partial charge in [0, 0.05) is 12.7 Å². The Kier molecular flexibility index (Phi) is 5.51. The van der Waals surface area contributed by atoms with Crippen molar-refractivity contribution in [2.24, 2.45) is 0 Å². The monoisotopic (exact) mass is 287 g/mol. The van der Waals surface area contributed by atoms with E-state index in [9.17, 15) is 4.79 Å². The maximum atomic E-state index is 11.7. The Bertz CT molecular complexity index is 566. The fourth-order valence-electron chi connectivity index (χ4n) is 1.92. The molecule has 1 N–H and O–H groups in total. The third-order valence-corrected chi connectivity index (χ3v) is 3.12. The molecule has 0 spiro atoms. The number of nitrogens with zero attached hydrogens (tertiary/aromatic N) is 2. The van der Waals surface area contributed by atoms with Crippen molar-refractivity contribution in [3.8, 4) is 0 Å². The number of hydrogen-bond acceptors (Lipinski definition) is 3. The van der Waals surface area contributed by atoms with Gasteiger partial charge >= 0.3 is 0 Å². The molecule has 1 atom stereocenters. The van der Waals surface area contributed by atoms with E-state index in [1.165, 1.54) is 0 Å². The maximum absolute atomic E-state index is 11.7. The Balaban J connectivity index is 1.65. The summed E-state index contributed by atoms with van der Waals surface area (Å²) in [6.07, 6.45) is 3.77. The summed E-state index contributed by atoms with van der Waals surface area (Å²) in [6.45, 7) is 5.06. The third kappa shape index (κ3) is 5.04. The summed E-state index contributed by atoms with van der Waals surface area (Å²) in [5.41, 5.74) is 2.17. The van der Waals surface area contributed by atoms with Crippen LogP contribution in [0.2, 0.25) is 0 Å². The number of carbonyl (C=O) groups is 1. The highest BCUT2D eigenvalue weighted by molar-refractivity contribution is 5.77. The molecule has 0 fully saturated rings. The predicted octanol–water partition coefficient (Wildman–Crippen LogP) is 2.09. The molecular weight excluding hydrogens is 266 g/mol. The second kappa shape index (κ2) is 7.59. The summed E-state index contributed by atoms with van der Waals surface area (Å²) < 4.78 is 7.24. The number of ether oxygens (including phenoxy) is 1. The number of nitrogens with one attached hydrogen (secondary N) is 1. The van der Waals surface area contributed by atoms with Crippen molar-refractivity contribution in [2.45, 2.75) is 26.5 Å². The van der Waals surface area contributed by atoms with Crippen LogP contribution in [-0.2, 0) is 16.1 Å². The molecule has 0 aliphatic rings. The Labute approximate surface area is 124 Å². The number of aromatic nitrogens is 2. The smallest absolute Gasteiger partial charge is 0.246 e. The lowest BCUT2D eigenvalue weighted by atomic mass is 10.2. The average molecular weight is 287 g/mol. The highest BCUT2D eigenvalue weighted by Gasteiger charge is 2.08. The van der Waals surface area contributed by atoms with Gasteiger partial charge in [0.25, 0.3) is 0 Å². The van der Waals surface area contributed by atoms with Crippen LogP contribution in [0.5, 0.6) is 0 Å². The molecule has 5 nitrogen and oxygen atoms in total. The molecule has 1 aromatic heterocycles. The van der Waals surface area contributed by atoms with Crippen LogP contribution in [0.3, 0.4) is 0 Å². The number of rotatable bonds is 7. The number of hydrogen-bond donors (Lipinski definition) is 1. The average Bonchev–Trinajstić information content (AvgIpc) is 2.92. The minimum Gasteiger partial charge on any atom is -0.367 e. The summed E-state index contributed by atoms with van der Waals surface area (Å²) in [5.74, 6) is -0.110. The molecule has 0 radical (unpaired) electrons. The van der Waals surface area contributed by atoms with Gasteiger partial charge in [-0.25, -0.2) is 0 Å². The zero-order valence-corrected chi connectivity index (χ0v) is 12.5. The van der Waals surface area contributed by atoms with Gasteiger partial charge in [-0.2, -0.15) is 5.10 Å². The number of amides is 1. The first-order chi connectivity index (χ1) is 10.1. The maximum Gasteiger partial charge on any atom is 0.246 e. The van der Waals surface area contributed by atoms with Gasteiger partial charge in [-0.3, -0.25) is 9.48 Å². The van der Waals surface area contributed by atoms with Crippen molar-refractivity contribution >= 4 is 5.91 Å².